The van der Waals surface area contributed by atoms with E-state index in [9.17, 15) is 0 Å². The van der Waals surface area contributed by atoms with Gasteiger partial charge in [0.1, 0.15) is 0 Å². The Bertz CT molecular complexity index is 1080. The summed E-state index contributed by atoms with van der Waals surface area (Å²) < 4.78 is 0. The van der Waals surface area contributed by atoms with Gasteiger partial charge in [-0.25, -0.2) is 0 Å². The van der Waals surface area contributed by atoms with Crippen LogP contribution in [-0.2, 0) is 5.41 Å². The van der Waals surface area contributed by atoms with Gasteiger partial charge in [-0.05, 0) is 33.4 Å². The Morgan fingerprint density at radius 2 is 1.13 bits per heavy atom. The maximum absolute atomic E-state index is 2.34. The van der Waals surface area contributed by atoms with E-state index in [4.69, 9.17) is 0 Å². The number of fused-ring (bicyclic) bond motifs is 3. The molecule has 0 atom stereocenters. The first-order chi connectivity index (χ1) is 14.6. The third-order valence-electron chi connectivity index (χ3n) is 6.09. The van der Waals surface area contributed by atoms with Crippen molar-refractivity contribution in [2.24, 2.45) is 5.41 Å². The normalized spacial score (nSPS) is 17.1. The van der Waals surface area contributed by atoms with Crippen molar-refractivity contribution in [3.05, 3.63) is 132 Å². The molecule has 0 aliphatic heterocycles. The summed E-state index contributed by atoms with van der Waals surface area (Å²) in [4.78, 5) is 0. The van der Waals surface area contributed by atoms with E-state index in [1.165, 1.54) is 33.4 Å². The van der Waals surface area contributed by atoms with E-state index in [2.05, 4.69) is 123 Å². The number of rotatable bonds is 2. The van der Waals surface area contributed by atoms with Crippen molar-refractivity contribution in [2.45, 2.75) is 33.1 Å². The van der Waals surface area contributed by atoms with Crippen molar-refractivity contribution in [3.8, 4) is 11.1 Å². The summed E-state index contributed by atoms with van der Waals surface area (Å²) in [6.45, 7) is 8.50. The standard InChI is InChI=1S/C28H24.C2H6/c1-27(2)19-10-13-22(18-20-27)28(21-11-4-3-5-12-21)25-16-8-6-14-23(25)24-15-7-9-17-26(24)28;1-2/h3-20H,1-2H3;1-2H3. The number of allylic oxidation sites excluding steroid dienone is 6. The summed E-state index contributed by atoms with van der Waals surface area (Å²) in [5, 5.41) is 0. The largest absolute Gasteiger partial charge is 0.0751 e. The summed E-state index contributed by atoms with van der Waals surface area (Å²) >= 11 is 0. The Morgan fingerprint density at radius 1 is 0.600 bits per heavy atom. The van der Waals surface area contributed by atoms with Crippen LogP contribution in [0.25, 0.3) is 11.1 Å². The van der Waals surface area contributed by atoms with Gasteiger partial charge in [-0.2, -0.15) is 0 Å². The second-order valence-corrected chi connectivity index (χ2v) is 8.34. The monoisotopic (exact) mass is 390 g/mol. The van der Waals surface area contributed by atoms with Gasteiger partial charge in [0, 0.05) is 5.41 Å². The molecule has 0 heteroatoms. The average molecular weight is 391 g/mol. The lowest BCUT2D eigenvalue weighted by molar-refractivity contribution is 0.625. The smallest absolute Gasteiger partial charge is 0.0713 e. The predicted molar refractivity (Wildman–Crippen MR) is 130 cm³/mol. The zero-order chi connectivity index (χ0) is 21.2. The first-order valence-corrected chi connectivity index (χ1v) is 11.0. The van der Waals surface area contributed by atoms with Crippen LogP contribution < -0.4 is 0 Å². The Labute approximate surface area is 181 Å². The molecule has 3 aromatic carbocycles. The van der Waals surface area contributed by atoms with E-state index in [0.717, 1.165) is 0 Å². The molecule has 5 rings (SSSR count). The van der Waals surface area contributed by atoms with Crippen LogP contribution in [-0.4, -0.2) is 0 Å². The topological polar surface area (TPSA) is 0 Å². The fourth-order valence-corrected chi connectivity index (χ4v) is 4.78. The van der Waals surface area contributed by atoms with Gasteiger partial charge in [0.15, 0.2) is 0 Å². The predicted octanol–water partition coefficient (Wildman–Crippen LogP) is 8.11. The Hall–Kier alpha value is -3.12. The van der Waals surface area contributed by atoms with E-state index >= 15 is 0 Å². The maximum atomic E-state index is 2.34. The summed E-state index contributed by atoms with van der Waals surface area (Å²) in [6, 6.07) is 28.7. The van der Waals surface area contributed by atoms with Crippen LogP contribution in [0.15, 0.2) is 115 Å². The fourth-order valence-electron chi connectivity index (χ4n) is 4.78. The third kappa shape index (κ3) is 3.08. The lowest BCUT2D eigenvalue weighted by atomic mass is 9.67. The molecule has 0 fully saturated rings. The van der Waals surface area contributed by atoms with E-state index in [-0.39, 0.29) is 10.8 Å². The van der Waals surface area contributed by atoms with Crippen LogP contribution in [0.4, 0.5) is 0 Å². The molecule has 0 nitrogen and oxygen atoms in total. The molecule has 0 spiro atoms. The number of benzene rings is 3. The minimum atomic E-state index is -0.296. The lowest BCUT2D eigenvalue weighted by Crippen LogP contribution is -2.29. The van der Waals surface area contributed by atoms with Crippen molar-refractivity contribution >= 4 is 0 Å². The lowest BCUT2D eigenvalue weighted by Gasteiger charge is -2.34. The molecule has 0 amide bonds. The van der Waals surface area contributed by atoms with Crippen LogP contribution in [0.2, 0.25) is 0 Å². The van der Waals surface area contributed by atoms with Crippen LogP contribution >= 0.6 is 0 Å². The highest BCUT2D eigenvalue weighted by molar-refractivity contribution is 5.86. The van der Waals surface area contributed by atoms with Crippen molar-refractivity contribution in [3.63, 3.8) is 0 Å². The van der Waals surface area contributed by atoms with Gasteiger partial charge in [-0.1, -0.05) is 137 Å². The summed E-state index contributed by atoms with van der Waals surface area (Å²) in [7, 11) is 0. The van der Waals surface area contributed by atoms with Gasteiger partial charge < -0.3 is 0 Å². The van der Waals surface area contributed by atoms with Gasteiger partial charge in [0.05, 0.1) is 5.41 Å². The second kappa shape index (κ2) is 7.95. The Morgan fingerprint density at radius 3 is 1.73 bits per heavy atom. The van der Waals surface area contributed by atoms with Crippen molar-refractivity contribution in [1.82, 2.24) is 0 Å². The van der Waals surface area contributed by atoms with Crippen LogP contribution in [0.1, 0.15) is 44.4 Å². The highest BCUT2D eigenvalue weighted by atomic mass is 14.5. The molecule has 150 valence electrons. The zero-order valence-corrected chi connectivity index (χ0v) is 18.4. The molecule has 30 heavy (non-hydrogen) atoms. The third-order valence-corrected chi connectivity index (χ3v) is 6.09. The second-order valence-electron chi connectivity index (χ2n) is 8.34. The van der Waals surface area contributed by atoms with Crippen LogP contribution in [0.3, 0.4) is 0 Å². The van der Waals surface area contributed by atoms with E-state index in [1.54, 1.807) is 0 Å². The molecular formula is C30H30. The number of hydrogen-bond acceptors (Lipinski definition) is 0. The molecule has 2 aliphatic carbocycles. The van der Waals surface area contributed by atoms with Gasteiger partial charge in [0.2, 0.25) is 0 Å². The Balaban J connectivity index is 0.00000106. The molecule has 0 bridgehead atoms. The molecule has 0 heterocycles. The van der Waals surface area contributed by atoms with Crippen molar-refractivity contribution in [2.75, 3.05) is 0 Å². The zero-order valence-electron chi connectivity index (χ0n) is 18.4. The minimum absolute atomic E-state index is 0.0494. The molecule has 0 radical (unpaired) electrons. The van der Waals surface area contributed by atoms with E-state index in [0.29, 0.717) is 0 Å². The first kappa shape index (κ1) is 20.2. The van der Waals surface area contributed by atoms with Gasteiger partial charge in [-0.15, -0.1) is 0 Å². The maximum Gasteiger partial charge on any atom is 0.0713 e. The average Bonchev–Trinajstić information content (AvgIpc) is 2.97. The quantitative estimate of drug-likeness (QED) is 0.414. The van der Waals surface area contributed by atoms with E-state index < -0.39 is 0 Å². The van der Waals surface area contributed by atoms with Gasteiger partial charge in [0.25, 0.3) is 0 Å². The molecule has 0 unspecified atom stereocenters. The highest BCUT2D eigenvalue weighted by Gasteiger charge is 2.46. The molecule has 2 aliphatic rings. The summed E-state index contributed by atoms with van der Waals surface area (Å²) in [5.41, 5.74) is 7.79. The van der Waals surface area contributed by atoms with Crippen LogP contribution in [0.5, 0.6) is 0 Å². The minimum Gasteiger partial charge on any atom is -0.0751 e. The summed E-state index contributed by atoms with van der Waals surface area (Å²) in [5.74, 6) is 0. The van der Waals surface area contributed by atoms with Crippen molar-refractivity contribution in [1.29, 1.82) is 0 Å². The summed E-state index contributed by atoms with van der Waals surface area (Å²) in [6.07, 6.45) is 11.5. The molecular weight excluding hydrogens is 360 g/mol. The molecule has 0 saturated heterocycles. The van der Waals surface area contributed by atoms with Crippen molar-refractivity contribution < 1.29 is 0 Å². The first-order valence-electron chi connectivity index (χ1n) is 11.0. The van der Waals surface area contributed by atoms with Gasteiger partial charge in [-0.3, -0.25) is 0 Å². The van der Waals surface area contributed by atoms with Crippen LogP contribution in [0, 0.1) is 5.41 Å². The molecule has 0 saturated carbocycles. The fraction of sp³-hybridized carbons (Fsp3) is 0.200. The van der Waals surface area contributed by atoms with E-state index in [1.807, 2.05) is 13.8 Å². The molecule has 0 N–H and O–H groups in total. The SMILES string of the molecule is CC.CC1(C)C=CC=C(C2(c3ccccc3)c3ccccc3-c3ccccc32)C=C1. The highest BCUT2D eigenvalue weighted by Crippen LogP contribution is 2.56. The molecule has 3 aromatic rings. The Kier molecular flexibility index (Phi) is 5.35. The van der Waals surface area contributed by atoms with Gasteiger partial charge >= 0.3 is 0 Å². The number of hydrogen-bond donors (Lipinski definition) is 0. The molecule has 0 aromatic heterocycles.